The Hall–Kier alpha value is -3.08. The number of halogens is 4. The summed E-state index contributed by atoms with van der Waals surface area (Å²) in [6.45, 7) is 1.75. The third-order valence-electron chi connectivity index (χ3n) is 7.42. The van der Waals surface area contributed by atoms with Gasteiger partial charge >= 0.3 is 6.18 Å². The fraction of sp³-hybridized carbons (Fsp3) is 0.520. The Bertz CT molecular complexity index is 1340. The molecule has 3 aliphatic rings. The standard InChI is InChI=1S/C25H27ClF3N7O/c26-15-6-7-19-18(10-15)20(12-21(32-19)25(27,28)29)30-16-2-1-3-17(11-16)31-24-34-33-22-13-35(8-9-36(22)24)23(37)14-4-5-14/h6-7,10,12,14,16-17H,1-5,8-9,11,13H2,(H,30,32)(H,31,34)/t16-,17+/m0/s1. The summed E-state index contributed by atoms with van der Waals surface area (Å²) in [6.07, 6.45) is 0.781. The minimum atomic E-state index is -4.55. The van der Waals surface area contributed by atoms with Crippen molar-refractivity contribution in [3.63, 3.8) is 0 Å². The van der Waals surface area contributed by atoms with Crippen molar-refractivity contribution in [2.45, 2.75) is 69.9 Å². The third kappa shape index (κ3) is 5.05. The molecule has 6 rings (SSSR count). The van der Waals surface area contributed by atoms with Gasteiger partial charge in [0.05, 0.1) is 12.1 Å². The van der Waals surface area contributed by atoms with Gasteiger partial charge in [0.15, 0.2) is 5.82 Å². The molecule has 8 nitrogen and oxygen atoms in total. The van der Waals surface area contributed by atoms with E-state index >= 15 is 0 Å². The number of benzene rings is 1. The Balaban J connectivity index is 1.16. The lowest BCUT2D eigenvalue weighted by atomic mass is 9.90. The van der Waals surface area contributed by atoms with Crippen LogP contribution in [0.5, 0.6) is 0 Å². The van der Waals surface area contributed by atoms with Crippen LogP contribution in [-0.2, 0) is 24.1 Å². The summed E-state index contributed by atoms with van der Waals surface area (Å²) in [7, 11) is 0. The number of aromatic nitrogens is 4. The lowest BCUT2D eigenvalue weighted by Gasteiger charge is -2.32. The third-order valence-corrected chi connectivity index (χ3v) is 7.65. The fourth-order valence-electron chi connectivity index (χ4n) is 5.36. The molecule has 0 saturated heterocycles. The molecule has 0 spiro atoms. The Labute approximate surface area is 216 Å². The zero-order valence-electron chi connectivity index (χ0n) is 20.1. The highest BCUT2D eigenvalue weighted by atomic mass is 35.5. The number of nitrogens with zero attached hydrogens (tertiary/aromatic N) is 5. The van der Waals surface area contributed by atoms with Gasteiger partial charge in [0.1, 0.15) is 5.69 Å². The molecule has 37 heavy (non-hydrogen) atoms. The van der Waals surface area contributed by atoms with Crippen molar-refractivity contribution in [2.24, 2.45) is 5.92 Å². The Morgan fingerprint density at radius 1 is 1.03 bits per heavy atom. The number of hydrogen-bond acceptors (Lipinski definition) is 6. The predicted octanol–water partition coefficient (Wildman–Crippen LogP) is 5.09. The summed E-state index contributed by atoms with van der Waals surface area (Å²) in [5.41, 5.74) is -0.304. The second-order valence-corrected chi connectivity index (χ2v) is 10.6. The summed E-state index contributed by atoms with van der Waals surface area (Å²) in [4.78, 5) is 18.1. The molecule has 2 atom stereocenters. The van der Waals surface area contributed by atoms with Gasteiger partial charge in [-0.25, -0.2) is 4.98 Å². The molecule has 0 unspecified atom stereocenters. The molecule has 3 heterocycles. The number of fused-ring (bicyclic) bond motifs is 2. The number of amides is 1. The Morgan fingerprint density at radius 3 is 2.57 bits per heavy atom. The van der Waals surface area contributed by atoms with E-state index in [0.717, 1.165) is 44.0 Å². The molecule has 1 aromatic carbocycles. The average Bonchev–Trinajstić information content (AvgIpc) is 3.65. The van der Waals surface area contributed by atoms with Gasteiger partial charge in [-0.15, -0.1) is 10.2 Å². The first-order chi connectivity index (χ1) is 17.7. The van der Waals surface area contributed by atoms with Crippen molar-refractivity contribution in [2.75, 3.05) is 17.2 Å². The molecular formula is C25H27ClF3N7O. The van der Waals surface area contributed by atoms with Crippen LogP contribution in [-0.4, -0.2) is 49.2 Å². The van der Waals surface area contributed by atoms with E-state index in [1.165, 1.54) is 6.07 Å². The van der Waals surface area contributed by atoms with Crippen molar-refractivity contribution in [1.82, 2.24) is 24.6 Å². The number of carbonyl (C=O) groups excluding carboxylic acids is 1. The van der Waals surface area contributed by atoms with Gasteiger partial charge in [0.25, 0.3) is 0 Å². The van der Waals surface area contributed by atoms with E-state index in [4.69, 9.17) is 11.6 Å². The quantitative estimate of drug-likeness (QED) is 0.475. The number of hydrogen-bond donors (Lipinski definition) is 2. The van der Waals surface area contributed by atoms with Gasteiger partial charge in [-0.3, -0.25) is 9.36 Å². The molecule has 3 aromatic rings. The SMILES string of the molecule is O=C(C1CC1)N1CCn2c(nnc2N[C@@H]2CCC[C@H](Nc3cc(C(F)(F)F)nc4ccc(Cl)cc34)C2)C1. The Kier molecular flexibility index (Phi) is 6.13. The average molecular weight is 534 g/mol. The topological polar surface area (TPSA) is 88.0 Å². The summed E-state index contributed by atoms with van der Waals surface area (Å²) in [5.74, 6) is 1.84. The second kappa shape index (κ2) is 9.34. The molecule has 0 bridgehead atoms. The van der Waals surface area contributed by atoms with Crippen molar-refractivity contribution < 1.29 is 18.0 Å². The van der Waals surface area contributed by atoms with E-state index < -0.39 is 11.9 Å². The molecule has 2 fully saturated rings. The smallest absolute Gasteiger partial charge is 0.382 e. The van der Waals surface area contributed by atoms with Crippen molar-refractivity contribution >= 4 is 40.0 Å². The van der Waals surface area contributed by atoms with Crippen LogP contribution in [0.15, 0.2) is 24.3 Å². The van der Waals surface area contributed by atoms with Gasteiger partial charge in [-0.2, -0.15) is 13.2 Å². The first-order valence-electron chi connectivity index (χ1n) is 12.7. The monoisotopic (exact) mass is 533 g/mol. The van der Waals surface area contributed by atoms with Gasteiger partial charge in [-0.1, -0.05) is 11.6 Å². The highest BCUT2D eigenvalue weighted by Crippen LogP contribution is 2.36. The van der Waals surface area contributed by atoms with Crippen LogP contribution < -0.4 is 10.6 Å². The molecule has 0 radical (unpaired) electrons. The van der Waals surface area contributed by atoms with Crippen LogP contribution in [0, 0.1) is 5.92 Å². The summed E-state index contributed by atoms with van der Waals surface area (Å²) in [5, 5.41) is 16.5. The van der Waals surface area contributed by atoms with Crippen LogP contribution in [0.2, 0.25) is 5.02 Å². The van der Waals surface area contributed by atoms with Crippen LogP contribution in [0.1, 0.15) is 50.0 Å². The number of anilines is 2. The lowest BCUT2D eigenvalue weighted by molar-refractivity contribution is -0.141. The van der Waals surface area contributed by atoms with E-state index in [1.807, 2.05) is 9.47 Å². The maximum absolute atomic E-state index is 13.5. The first kappa shape index (κ1) is 24.3. The molecular weight excluding hydrogens is 507 g/mol. The lowest BCUT2D eigenvalue weighted by Crippen LogP contribution is -2.40. The predicted molar refractivity (Wildman–Crippen MR) is 133 cm³/mol. The summed E-state index contributed by atoms with van der Waals surface area (Å²) < 4.78 is 42.6. The molecule has 2 aliphatic carbocycles. The molecule has 12 heteroatoms. The van der Waals surface area contributed by atoms with E-state index in [9.17, 15) is 18.0 Å². The number of carbonyl (C=O) groups is 1. The number of alkyl halides is 3. The number of nitrogens with one attached hydrogen (secondary N) is 2. The molecule has 2 saturated carbocycles. The van der Waals surface area contributed by atoms with Crippen LogP contribution in [0.3, 0.4) is 0 Å². The van der Waals surface area contributed by atoms with Crippen LogP contribution in [0.4, 0.5) is 24.8 Å². The zero-order valence-corrected chi connectivity index (χ0v) is 20.8. The summed E-state index contributed by atoms with van der Waals surface area (Å²) >= 11 is 6.14. The maximum atomic E-state index is 13.5. The van der Waals surface area contributed by atoms with Crippen molar-refractivity contribution in [3.8, 4) is 0 Å². The van der Waals surface area contributed by atoms with Gasteiger partial charge in [0, 0.05) is 47.2 Å². The van der Waals surface area contributed by atoms with Crippen molar-refractivity contribution in [3.05, 3.63) is 40.8 Å². The molecule has 2 N–H and O–H groups in total. The normalized spacial score (nSPS) is 22.1. The maximum Gasteiger partial charge on any atom is 0.433 e. The largest absolute Gasteiger partial charge is 0.433 e. The highest BCUT2D eigenvalue weighted by molar-refractivity contribution is 6.31. The van der Waals surface area contributed by atoms with Crippen molar-refractivity contribution in [1.29, 1.82) is 0 Å². The van der Waals surface area contributed by atoms with Crippen LogP contribution >= 0.6 is 11.6 Å². The van der Waals surface area contributed by atoms with Gasteiger partial charge in [0.2, 0.25) is 11.9 Å². The molecule has 1 amide bonds. The molecule has 196 valence electrons. The first-order valence-corrected chi connectivity index (χ1v) is 13.0. The zero-order chi connectivity index (χ0) is 25.7. The van der Waals surface area contributed by atoms with Gasteiger partial charge in [-0.05, 0) is 62.8 Å². The Morgan fingerprint density at radius 2 is 1.81 bits per heavy atom. The molecule has 1 aliphatic heterocycles. The highest BCUT2D eigenvalue weighted by Gasteiger charge is 2.36. The van der Waals surface area contributed by atoms with E-state index in [-0.39, 0.29) is 29.4 Å². The van der Waals surface area contributed by atoms with Crippen LogP contribution in [0.25, 0.3) is 10.9 Å². The number of rotatable bonds is 5. The molecule has 2 aromatic heterocycles. The van der Waals surface area contributed by atoms with E-state index in [1.54, 1.807) is 12.1 Å². The van der Waals surface area contributed by atoms with E-state index in [0.29, 0.717) is 48.1 Å². The second-order valence-electron chi connectivity index (χ2n) is 10.2. The fourth-order valence-corrected chi connectivity index (χ4v) is 5.53. The number of pyridine rings is 1. The summed E-state index contributed by atoms with van der Waals surface area (Å²) in [6, 6.07) is 5.82. The minimum Gasteiger partial charge on any atom is -0.382 e. The minimum absolute atomic E-state index is 0.0349. The van der Waals surface area contributed by atoms with Gasteiger partial charge < -0.3 is 15.5 Å². The van der Waals surface area contributed by atoms with E-state index in [2.05, 4.69) is 25.8 Å².